The number of nitrogens with zero attached hydrogens (tertiary/aromatic N) is 1. The number of likely N-dealkylation sites (N-methyl/N-ethyl adjacent to an activating group) is 1. The van der Waals surface area contributed by atoms with Crippen molar-refractivity contribution in [2.24, 2.45) is 0 Å². The number of fused-ring (bicyclic) bond motifs is 1. The number of hydrogen-bond donors (Lipinski definition) is 1. The highest BCUT2D eigenvalue weighted by molar-refractivity contribution is 7.99. The summed E-state index contributed by atoms with van der Waals surface area (Å²) in [6, 6.07) is 9.72. The Morgan fingerprint density at radius 1 is 1.33 bits per heavy atom. The fraction of sp³-hybridized carbons (Fsp3) is 0.600. The summed E-state index contributed by atoms with van der Waals surface area (Å²) < 4.78 is 0. The van der Waals surface area contributed by atoms with Crippen molar-refractivity contribution in [3.8, 4) is 0 Å². The van der Waals surface area contributed by atoms with Crippen LogP contribution in [0.1, 0.15) is 24.3 Å². The molecule has 1 aromatic rings. The van der Waals surface area contributed by atoms with Crippen LogP contribution in [0.5, 0.6) is 0 Å². The van der Waals surface area contributed by atoms with Gasteiger partial charge in [0.1, 0.15) is 0 Å². The SMILES string of the molecule is CN(CCNC1CC1)CC1CSc2ccccc21. The largest absolute Gasteiger partial charge is 0.313 e. The molecule has 98 valence electrons. The number of nitrogens with one attached hydrogen (secondary N) is 1. The van der Waals surface area contributed by atoms with E-state index in [1.54, 1.807) is 5.56 Å². The topological polar surface area (TPSA) is 15.3 Å². The summed E-state index contributed by atoms with van der Waals surface area (Å²) in [5, 5.41) is 3.58. The normalized spacial score (nSPS) is 22.4. The van der Waals surface area contributed by atoms with Gasteiger partial charge in [-0.3, -0.25) is 0 Å². The first-order chi connectivity index (χ1) is 8.83. The fourth-order valence-electron chi connectivity index (χ4n) is 2.59. The molecule has 1 atom stereocenters. The molecule has 1 unspecified atom stereocenters. The summed E-state index contributed by atoms with van der Waals surface area (Å²) in [5.74, 6) is 1.97. The van der Waals surface area contributed by atoms with Gasteiger partial charge in [-0.15, -0.1) is 11.8 Å². The molecule has 18 heavy (non-hydrogen) atoms. The average molecular weight is 262 g/mol. The van der Waals surface area contributed by atoms with Gasteiger partial charge in [-0.2, -0.15) is 0 Å². The smallest absolute Gasteiger partial charge is 0.0108 e. The Labute approximate surface area is 114 Å². The van der Waals surface area contributed by atoms with E-state index in [4.69, 9.17) is 0 Å². The van der Waals surface area contributed by atoms with E-state index < -0.39 is 0 Å². The fourth-order valence-corrected chi connectivity index (χ4v) is 3.84. The van der Waals surface area contributed by atoms with Gasteiger partial charge in [-0.25, -0.2) is 0 Å². The molecule has 3 rings (SSSR count). The summed E-state index contributed by atoms with van der Waals surface area (Å²) in [7, 11) is 2.25. The molecule has 1 aromatic carbocycles. The standard InChI is InChI=1S/C15H22N2S/c1-17(9-8-16-13-6-7-13)10-12-11-18-15-5-3-2-4-14(12)15/h2-5,12-13,16H,6-11H2,1H3. The molecule has 2 aliphatic rings. The minimum atomic E-state index is 0.720. The highest BCUT2D eigenvalue weighted by atomic mass is 32.2. The third-order valence-electron chi connectivity index (χ3n) is 3.83. The summed E-state index contributed by atoms with van der Waals surface area (Å²) in [6.07, 6.45) is 2.77. The van der Waals surface area contributed by atoms with E-state index in [1.807, 2.05) is 11.8 Å². The molecular weight excluding hydrogens is 240 g/mol. The maximum absolute atomic E-state index is 3.58. The predicted molar refractivity (Wildman–Crippen MR) is 78.4 cm³/mol. The molecule has 1 saturated carbocycles. The summed E-state index contributed by atoms with van der Waals surface area (Å²) >= 11 is 2.01. The highest BCUT2D eigenvalue weighted by Gasteiger charge is 2.24. The average Bonchev–Trinajstić information content (AvgIpc) is 3.11. The minimum Gasteiger partial charge on any atom is -0.313 e. The van der Waals surface area contributed by atoms with E-state index in [0.717, 1.165) is 18.5 Å². The lowest BCUT2D eigenvalue weighted by Gasteiger charge is -2.21. The van der Waals surface area contributed by atoms with Crippen LogP contribution in [0.15, 0.2) is 29.2 Å². The number of thioether (sulfide) groups is 1. The first kappa shape index (κ1) is 12.5. The Bertz CT molecular complexity index is 403. The second-order valence-electron chi connectivity index (χ2n) is 5.54. The molecule has 2 nitrogen and oxygen atoms in total. The zero-order valence-corrected chi connectivity index (χ0v) is 11.9. The molecule has 1 N–H and O–H groups in total. The van der Waals surface area contributed by atoms with Crippen LogP contribution in [0.4, 0.5) is 0 Å². The minimum absolute atomic E-state index is 0.720. The van der Waals surface area contributed by atoms with Crippen molar-refractivity contribution in [1.82, 2.24) is 10.2 Å². The Kier molecular flexibility index (Phi) is 3.92. The van der Waals surface area contributed by atoms with E-state index in [0.29, 0.717) is 0 Å². The lowest BCUT2D eigenvalue weighted by Crippen LogP contribution is -2.33. The van der Waals surface area contributed by atoms with E-state index in [9.17, 15) is 0 Å². The first-order valence-corrected chi connectivity index (χ1v) is 7.95. The molecule has 0 saturated heterocycles. The maximum Gasteiger partial charge on any atom is 0.0108 e. The van der Waals surface area contributed by atoms with Crippen LogP contribution >= 0.6 is 11.8 Å². The van der Waals surface area contributed by atoms with Gasteiger partial charge in [0.15, 0.2) is 0 Å². The number of hydrogen-bond acceptors (Lipinski definition) is 3. The predicted octanol–water partition coefficient (Wildman–Crippen LogP) is 2.56. The van der Waals surface area contributed by atoms with E-state index in [2.05, 4.69) is 41.5 Å². The summed E-state index contributed by atoms with van der Waals surface area (Å²) in [4.78, 5) is 3.97. The second kappa shape index (κ2) is 5.64. The molecule has 0 amide bonds. The van der Waals surface area contributed by atoms with Crippen molar-refractivity contribution in [2.75, 3.05) is 32.4 Å². The van der Waals surface area contributed by atoms with Gasteiger partial charge < -0.3 is 10.2 Å². The van der Waals surface area contributed by atoms with E-state index >= 15 is 0 Å². The van der Waals surface area contributed by atoms with Gasteiger partial charge in [0, 0.05) is 42.2 Å². The van der Waals surface area contributed by atoms with Gasteiger partial charge in [0.05, 0.1) is 0 Å². The van der Waals surface area contributed by atoms with Gasteiger partial charge in [0.25, 0.3) is 0 Å². The van der Waals surface area contributed by atoms with Crippen molar-refractivity contribution in [2.45, 2.75) is 29.7 Å². The van der Waals surface area contributed by atoms with Gasteiger partial charge in [-0.05, 0) is 31.5 Å². The van der Waals surface area contributed by atoms with Crippen molar-refractivity contribution >= 4 is 11.8 Å². The van der Waals surface area contributed by atoms with Crippen molar-refractivity contribution in [1.29, 1.82) is 0 Å². The Morgan fingerprint density at radius 3 is 3.00 bits per heavy atom. The molecule has 1 heterocycles. The molecule has 0 bridgehead atoms. The van der Waals surface area contributed by atoms with Gasteiger partial charge >= 0.3 is 0 Å². The molecular formula is C15H22N2S. The second-order valence-corrected chi connectivity index (χ2v) is 6.60. The highest BCUT2D eigenvalue weighted by Crippen LogP contribution is 2.39. The van der Waals surface area contributed by atoms with E-state index in [-0.39, 0.29) is 0 Å². The van der Waals surface area contributed by atoms with Gasteiger partial charge in [-0.1, -0.05) is 18.2 Å². The van der Waals surface area contributed by atoms with Crippen molar-refractivity contribution in [3.05, 3.63) is 29.8 Å². The zero-order valence-electron chi connectivity index (χ0n) is 11.1. The van der Waals surface area contributed by atoms with Crippen LogP contribution in [0, 0.1) is 0 Å². The monoisotopic (exact) mass is 262 g/mol. The molecule has 1 fully saturated rings. The third kappa shape index (κ3) is 3.08. The molecule has 0 spiro atoms. The lowest BCUT2D eigenvalue weighted by atomic mass is 10.0. The lowest BCUT2D eigenvalue weighted by molar-refractivity contribution is 0.316. The Balaban J connectivity index is 1.47. The third-order valence-corrected chi connectivity index (χ3v) is 5.09. The van der Waals surface area contributed by atoms with Crippen LogP contribution in [-0.4, -0.2) is 43.4 Å². The molecule has 1 aliphatic carbocycles. The number of rotatable bonds is 6. The summed E-state index contributed by atoms with van der Waals surface area (Å²) in [5.41, 5.74) is 1.56. The van der Waals surface area contributed by atoms with Crippen LogP contribution in [-0.2, 0) is 0 Å². The van der Waals surface area contributed by atoms with Crippen molar-refractivity contribution in [3.63, 3.8) is 0 Å². The molecule has 3 heteroatoms. The molecule has 1 aliphatic heterocycles. The molecule has 0 radical (unpaired) electrons. The van der Waals surface area contributed by atoms with Crippen molar-refractivity contribution < 1.29 is 0 Å². The number of benzene rings is 1. The maximum atomic E-state index is 3.58. The Hall–Kier alpha value is -0.510. The first-order valence-electron chi connectivity index (χ1n) is 6.96. The zero-order chi connectivity index (χ0) is 12.4. The quantitative estimate of drug-likeness (QED) is 0.848. The van der Waals surface area contributed by atoms with Crippen LogP contribution in [0.3, 0.4) is 0 Å². The van der Waals surface area contributed by atoms with Gasteiger partial charge in [0.2, 0.25) is 0 Å². The Morgan fingerprint density at radius 2 is 2.17 bits per heavy atom. The van der Waals surface area contributed by atoms with Crippen LogP contribution < -0.4 is 5.32 Å². The summed E-state index contributed by atoms with van der Waals surface area (Å²) in [6.45, 7) is 3.50. The van der Waals surface area contributed by atoms with Crippen LogP contribution in [0.25, 0.3) is 0 Å². The molecule has 0 aromatic heterocycles. The van der Waals surface area contributed by atoms with Crippen LogP contribution in [0.2, 0.25) is 0 Å². The van der Waals surface area contributed by atoms with E-state index in [1.165, 1.54) is 36.6 Å².